The average Bonchev–Trinajstić information content (AvgIpc) is 2.17. The molecule has 0 spiro atoms. The van der Waals surface area contributed by atoms with Crippen molar-refractivity contribution in [1.82, 2.24) is 0 Å². The van der Waals surface area contributed by atoms with Gasteiger partial charge in [-0.05, 0) is 50.1 Å². The predicted octanol–water partition coefficient (Wildman–Crippen LogP) is 1.56. The molecule has 0 aromatic heterocycles. The first-order valence-corrected chi connectivity index (χ1v) is 5.09. The molecule has 0 aliphatic heterocycles. The van der Waals surface area contributed by atoms with E-state index in [9.17, 15) is 5.11 Å². The van der Waals surface area contributed by atoms with E-state index in [0.717, 1.165) is 16.9 Å². The monoisotopic (exact) mass is 209 g/mol. The van der Waals surface area contributed by atoms with Gasteiger partial charge in [-0.2, -0.15) is 0 Å². The summed E-state index contributed by atoms with van der Waals surface area (Å²) in [6, 6.07) is 5.66. The van der Waals surface area contributed by atoms with Crippen LogP contribution >= 0.6 is 0 Å². The van der Waals surface area contributed by atoms with Crippen molar-refractivity contribution in [1.29, 1.82) is 0 Å². The van der Waals surface area contributed by atoms with Crippen LogP contribution in [-0.2, 0) is 5.60 Å². The van der Waals surface area contributed by atoms with Gasteiger partial charge in [0, 0.05) is 0 Å². The van der Waals surface area contributed by atoms with Crippen molar-refractivity contribution < 1.29 is 9.84 Å². The molecule has 1 rings (SSSR count). The van der Waals surface area contributed by atoms with Crippen LogP contribution < -0.4 is 10.5 Å². The summed E-state index contributed by atoms with van der Waals surface area (Å²) in [6.07, 6.45) is 0.556. The van der Waals surface area contributed by atoms with E-state index in [1.54, 1.807) is 14.0 Å². The summed E-state index contributed by atoms with van der Waals surface area (Å²) in [5.41, 5.74) is 6.55. The van der Waals surface area contributed by atoms with Crippen molar-refractivity contribution in [3.05, 3.63) is 29.3 Å². The van der Waals surface area contributed by atoms with Crippen LogP contribution in [0.4, 0.5) is 0 Å². The summed E-state index contributed by atoms with van der Waals surface area (Å²) in [5, 5.41) is 10.2. The number of aryl methyl sites for hydroxylation is 1. The van der Waals surface area contributed by atoms with Crippen molar-refractivity contribution in [2.24, 2.45) is 5.73 Å². The van der Waals surface area contributed by atoms with Crippen molar-refractivity contribution in [2.75, 3.05) is 13.7 Å². The smallest absolute Gasteiger partial charge is 0.119 e. The molecule has 0 bridgehead atoms. The summed E-state index contributed by atoms with van der Waals surface area (Å²) in [5.74, 6) is 0.805. The Morgan fingerprint density at radius 2 is 2.13 bits per heavy atom. The zero-order valence-electron chi connectivity index (χ0n) is 9.58. The molecule has 1 atom stereocenters. The fourth-order valence-electron chi connectivity index (χ4n) is 1.78. The second kappa shape index (κ2) is 4.64. The van der Waals surface area contributed by atoms with E-state index in [0.29, 0.717) is 13.0 Å². The molecule has 3 nitrogen and oxygen atoms in total. The van der Waals surface area contributed by atoms with Gasteiger partial charge in [0.15, 0.2) is 0 Å². The fraction of sp³-hybridized carbons (Fsp3) is 0.500. The van der Waals surface area contributed by atoms with Crippen LogP contribution in [0, 0.1) is 6.92 Å². The second-order valence-corrected chi connectivity index (χ2v) is 3.99. The molecule has 3 heteroatoms. The van der Waals surface area contributed by atoms with Crippen molar-refractivity contribution in [2.45, 2.75) is 25.9 Å². The van der Waals surface area contributed by atoms with Crippen LogP contribution in [0.3, 0.4) is 0 Å². The molecule has 0 fully saturated rings. The lowest BCUT2D eigenvalue weighted by atomic mass is 9.89. The number of aliphatic hydroxyl groups is 1. The van der Waals surface area contributed by atoms with E-state index in [1.807, 2.05) is 25.1 Å². The van der Waals surface area contributed by atoms with Crippen LogP contribution in [0.2, 0.25) is 0 Å². The summed E-state index contributed by atoms with van der Waals surface area (Å²) in [6.45, 7) is 4.22. The first-order valence-electron chi connectivity index (χ1n) is 5.09. The van der Waals surface area contributed by atoms with Gasteiger partial charge in [0.25, 0.3) is 0 Å². The number of benzene rings is 1. The molecule has 1 aromatic carbocycles. The van der Waals surface area contributed by atoms with Crippen LogP contribution in [-0.4, -0.2) is 18.8 Å². The standard InChI is InChI=1S/C12H19NO2/c1-9-8-10(15-3)4-5-11(9)12(2,14)6-7-13/h4-5,8,14H,6-7,13H2,1-3H3. The molecule has 84 valence electrons. The third-order valence-corrected chi connectivity index (χ3v) is 2.64. The summed E-state index contributed by atoms with van der Waals surface area (Å²) >= 11 is 0. The Kier molecular flexibility index (Phi) is 3.72. The second-order valence-electron chi connectivity index (χ2n) is 3.99. The SMILES string of the molecule is COc1ccc(C(C)(O)CCN)c(C)c1. The fourth-order valence-corrected chi connectivity index (χ4v) is 1.78. The Balaban J connectivity index is 3.04. The zero-order chi connectivity index (χ0) is 11.5. The van der Waals surface area contributed by atoms with Gasteiger partial charge in [-0.1, -0.05) is 6.07 Å². The highest BCUT2D eigenvalue weighted by molar-refractivity contribution is 5.37. The molecule has 0 aliphatic carbocycles. The highest BCUT2D eigenvalue weighted by Crippen LogP contribution is 2.29. The molecule has 3 N–H and O–H groups in total. The van der Waals surface area contributed by atoms with Crippen LogP contribution in [0.15, 0.2) is 18.2 Å². The Morgan fingerprint density at radius 3 is 2.60 bits per heavy atom. The van der Waals surface area contributed by atoms with Crippen molar-refractivity contribution in [3.8, 4) is 5.75 Å². The van der Waals surface area contributed by atoms with Gasteiger partial charge >= 0.3 is 0 Å². The predicted molar refractivity (Wildman–Crippen MR) is 61.0 cm³/mol. The van der Waals surface area contributed by atoms with E-state index in [1.165, 1.54) is 0 Å². The van der Waals surface area contributed by atoms with Gasteiger partial charge in [-0.3, -0.25) is 0 Å². The first kappa shape index (κ1) is 12.0. The Bertz CT molecular complexity index is 334. The van der Waals surface area contributed by atoms with E-state index in [-0.39, 0.29) is 0 Å². The average molecular weight is 209 g/mol. The van der Waals surface area contributed by atoms with Crippen molar-refractivity contribution >= 4 is 0 Å². The summed E-state index contributed by atoms with van der Waals surface area (Å²) in [4.78, 5) is 0. The Hall–Kier alpha value is -1.06. The third kappa shape index (κ3) is 2.70. The molecule has 0 radical (unpaired) electrons. The lowest BCUT2D eigenvalue weighted by Crippen LogP contribution is -2.25. The Morgan fingerprint density at radius 1 is 1.47 bits per heavy atom. The molecule has 0 heterocycles. The minimum Gasteiger partial charge on any atom is -0.497 e. The molecule has 0 saturated heterocycles. The number of hydrogen-bond acceptors (Lipinski definition) is 3. The molecular formula is C12H19NO2. The molecule has 15 heavy (non-hydrogen) atoms. The van der Waals surface area contributed by atoms with Crippen LogP contribution in [0.5, 0.6) is 5.75 Å². The highest BCUT2D eigenvalue weighted by atomic mass is 16.5. The van der Waals surface area contributed by atoms with Crippen LogP contribution in [0.25, 0.3) is 0 Å². The number of hydrogen-bond donors (Lipinski definition) is 2. The minimum atomic E-state index is -0.856. The van der Waals surface area contributed by atoms with Gasteiger partial charge < -0.3 is 15.6 Å². The molecule has 0 amide bonds. The van der Waals surface area contributed by atoms with Crippen molar-refractivity contribution in [3.63, 3.8) is 0 Å². The quantitative estimate of drug-likeness (QED) is 0.791. The lowest BCUT2D eigenvalue weighted by Gasteiger charge is -2.25. The van der Waals surface area contributed by atoms with E-state index < -0.39 is 5.60 Å². The maximum atomic E-state index is 10.2. The molecule has 1 aromatic rings. The Labute approximate surface area is 90.9 Å². The minimum absolute atomic E-state index is 0.471. The first-order chi connectivity index (χ1) is 7.01. The van der Waals surface area contributed by atoms with E-state index >= 15 is 0 Å². The largest absolute Gasteiger partial charge is 0.497 e. The third-order valence-electron chi connectivity index (χ3n) is 2.64. The number of methoxy groups -OCH3 is 1. The van der Waals surface area contributed by atoms with Gasteiger partial charge in [0.2, 0.25) is 0 Å². The van der Waals surface area contributed by atoms with E-state index in [4.69, 9.17) is 10.5 Å². The zero-order valence-corrected chi connectivity index (χ0v) is 9.58. The molecule has 1 unspecified atom stereocenters. The summed E-state index contributed by atoms with van der Waals surface area (Å²) in [7, 11) is 1.63. The molecule has 0 saturated carbocycles. The van der Waals surface area contributed by atoms with E-state index in [2.05, 4.69) is 0 Å². The number of nitrogens with two attached hydrogens (primary N) is 1. The lowest BCUT2D eigenvalue weighted by molar-refractivity contribution is 0.0497. The highest BCUT2D eigenvalue weighted by Gasteiger charge is 2.23. The normalized spacial score (nSPS) is 14.7. The van der Waals surface area contributed by atoms with Gasteiger partial charge in [0.1, 0.15) is 5.75 Å². The van der Waals surface area contributed by atoms with Gasteiger partial charge in [-0.15, -0.1) is 0 Å². The molecule has 0 aliphatic rings. The van der Waals surface area contributed by atoms with Gasteiger partial charge in [0.05, 0.1) is 12.7 Å². The molecular weight excluding hydrogens is 190 g/mol. The maximum absolute atomic E-state index is 10.2. The number of rotatable bonds is 4. The number of ether oxygens (including phenoxy) is 1. The van der Waals surface area contributed by atoms with Gasteiger partial charge in [-0.25, -0.2) is 0 Å². The topological polar surface area (TPSA) is 55.5 Å². The van der Waals surface area contributed by atoms with Crippen LogP contribution in [0.1, 0.15) is 24.5 Å². The maximum Gasteiger partial charge on any atom is 0.119 e. The summed E-state index contributed by atoms with van der Waals surface area (Å²) < 4.78 is 5.12.